The molecule has 0 N–H and O–H groups in total. The first-order valence-corrected chi connectivity index (χ1v) is 5.13. The molecule has 0 unspecified atom stereocenters. The molecule has 1 aliphatic rings. The van der Waals surface area contributed by atoms with E-state index in [1.807, 2.05) is 0 Å². The predicted molar refractivity (Wildman–Crippen MR) is 52.4 cm³/mol. The summed E-state index contributed by atoms with van der Waals surface area (Å²) in [6, 6.07) is 3.22. The van der Waals surface area contributed by atoms with Gasteiger partial charge in [-0.3, -0.25) is 0 Å². The van der Waals surface area contributed by atoms with Crippen molar-refractivity contribution in [2.75, 3.05) is 13.1 Å². The van der Waals surface area contributed by atoms with Crippen LogP contribution in [0.5, 0.6) is 5.75 Å². The maximum atomic E-state index is 12.8. The zero-order valence-corrected chi connectivity index (χ0v) is 8.38. The topological polar surface area (TPSA) is 12.5 Å². The second-order valence-electron chi connectivity index (χ2n) is 3.69. The van der Waals surface area contributed by atoms with Crippen molar-refractivity contribution in [2.45, 2.75) is 19.3 Å². The summed E-state index contributed by atoms with van der Waals surface area (Å²) in [5.41, 5.74) is 0. The normalized spacial score (nSPS) is 17.7. The third kappa shape index (κ3) is 2.89. The van der Waals surface area contributed by atoms with E-state index in [0.717, 1.165) is 32.0 Å². The largest absolute Gasteiger partial charge is 0.406 e. The first-order valence-electron chi connectivity index (χ1n) is 5.13. The number of piperidine rings is 1. The molecule has 82 valence electrons. The summed E-state index contributed by atoms with van der Waals surface area (Å²) >= 11 is 0. The van der Waals surface area contributed by atoms with Gasteiger partial charge in [0.05, 0.1) is 0 Å². The number of hydrogen-bond acceptors (Lipinski definition) is 2. The van der Waals surface area contributed by atoms with E-state index < -0.39 is 11.6 Å². The summed E-state index contributed by atoms with van der Waals surface area (Å²) in [5, 5.41) is 1.75. The first kappa shape index (κ1) is 10.4. The van der Waals surface area contributed by atoms with Gasteiger partial charge >= 0.3 is 0 Å². The molecule has 1 aromatic rings. The third-order valence-corrected chi connectivity index (χ3v) is 2.39. The van der Waals surface area contributed by atoms with Crippen LogP contribution in [-0.4, -0.2) is 18.2 Å². The molecule has 2 nitrogen and oxygen atoms in total. The standard InChI is InChI=1S/C11H13F2NO/c12-9-6-10(13)8-11(7-9)15-14-4-2-1-3-5-14/h6-8H,1-5H2. The van der Waals surface area contributed by atoms with Gasteiger partial charge in [0.15, 0.2) is 5.75 Å². The first-order chi connectivity index (χ1) is 7.24. The Morgan fingerprint density at radius 2 is 1.53 bits per heavy atom. The predicted octanol–water partition coefficient (Wildman–Crippen LogP) is 2.74. The van der Waals surface area contributed by atoms with Crippen LogP contribution >= 0.6 is 0 Å². The Morgan fingerprint density at radius 3 is 2.13 bits per heavy atom. The van der Waals surface area contributed by atoms with Gasteiger partial charge in [-0.2, -0.15) is 0 Å². The Balaban J connectivity index is 2.02. The van der Waals surface area contributed by atoms with Crippen molar-refractivity contribution in [1.29, 1.82) is 0 Å². The molecule has 0 saturated carbocycles. The van der Waals surface area contributed by atoms with Gasteiger partial charge in [-0.1, -0.05) is 6.42 Å². The fraction of sp³-hybridized carbons (Fsp3) is 0.455. The molecular formula is C11H13F2NO. The highest BCUT2D eigenvalue weighted by Crippen LogP contribution is 2.18. The highest BCUT2D eigenvalue weighted by atomic mass is 19.1. The lowest BCUT2D eigenvalue weighted by Gasteiger charge is -2.25. The summed E-state index contributed by atoms with van der Waals surface area (Å²) in [6.45, 7) is 1.64. The zero-order chi connectivity index (χ0) is 10.7. The van der Waals surface area contributed by atoms with E-state index in [1.165, 1.54) is 18.6 Å². The minimum absolute atomic E-state index is 0.231. The molecule has 1 heterocycles. The van der Waals surface area contributed by atoms with Crippen LogP contribution < -0.4 is 4.84 Å². The summed E-state index contributed by atoms with van der Waals surface area (Å²) in [5.74, 6) is -0.988. The number of benzene rings is 1. The zero-order valence-electron chi connectivity index (χ0n) is 8.38. The average molecular weight is 213 g/mol. The fourth-order valence-electron chi connectivity index (χ4n) is 1.69. The van der Waals surface area contributed by atoms with Gasteiger partial charge in [-0.25, -0.2) is 8.78 Å². The van der Waals surface area contributed by atoms with Gasteiger partial charge in [0.2, 0.25) is 0 Å². The Kier molecular flexibility index (Phi) is 3.16. The molecule has 0 spiro atoms. The molecule has 1 aromatic carbocycles. The van der Waals surface area contributed by atoms with Gasteiger partial charge in [-0.05, 0) is 12.8 Å². The van der Waals surface area contributed by atoms with Gasteiger partial charge < -0.3 is 4.84 Å². The van der Waals surface area contributed by atoms with E-state index in [-0.39, 0.29) is 5.75 Å². The molecule has 0 aromatic heterocycles. The number of rotatable bonds is 2. The Hall–Kier alpha value is -1.16. The smallest absolute Gasteiger partial charge is 0.153 e. The van der Waals surface area contributed by atoms with Crippen molar-refractivity contribution in [2.24, 2.45) is 0 Å². The van der Waals surface area contributed by atoms with Crippen molar-refractivity contribution < 1.29 is 13.6 Å². The van der Waals surface area contributed by atoms with E-state index >= 15 is 0 Å². The molecule has 0 atom stereocenters. The minimum atomic E-state index is -0.609. The number of hydrogen-bond donors (Lipinski definition) is 0. The molecule has 0 amide bonds. The lowest BCUT2D eigenvalue weighted by molar-refractivity contribution is -0.0724. The second-order valence-corrected chi connectivity index (χ2v) is 3.69. The molecule has 2 rings (SSSR count). The van der Waals surface area contributed by atoms with E-state index in [0.29, 0.717) is 0 Å². The second kappa shape index (κ2) is 4.57. The highest BCUT2D eigenvalue weighted by molar-refractivity contribution is 5.23. The van der Waals surface area contributed by atoms with Crippen molar-refractivity contribution in [3.63, 3.8) is 0 Å². The van der Waals surface area contributed by atoms with Crippen molar-refractivity contribution >= 4 is 0 Å². The highest BCUT2D eigenvalue weighted by Gasteiger charge is 2.12. The lowest BCUT2D eigenvalue weighted by Crippen LogP contribution is -2.32. The van der Waals surface area contributed by atoms with Crippen LogP contribution in [-0.2, 0) is 0 Å². The third-order valence-electron chi connectivity index (χ3n) is 2.39. The van der Waals surface area contributed by atoms with E-state index in [2.05, 4.69) is 0 Å². The molecule has 0 aliphatic carbocycles. The molecule has 1 saturated heterocycles. The molecule has 4 heteroatoms. The summed E-state index contributed by atoms with van der Waals surface area (Å²) in [4.78, 5) is 5.37. The van der Waals surface area contributed by atoms with Gasteiger partial charge in [0.25, 0.3) is 0 Å². The molecular weight excluding hydrogens is 200 g/mol. The van der Waals surface area contributed by atoms with Gasteiger partial charge in [0.1, 0.15) is 11.6 Å². The van der Waals surface area contributed by atoms with Crippen molar-refractivity contribution in [3.8, 4) is 5.75 Å². The lowest BCUT2D eigenvalue weighted by atomic mass is 10.2. The van der Waals surface area contributed by atoms with E-state index in [1.54, 1.807) is 5.06 Å². The Morgan fingerprint density at radius 1 is 0.933 bits per heavy atom. The van der Waals surface area contributed by atoms with Crippen LogP contribution in [0.15, 0.2) is 18.2 Å². The molecule has 1 fully saturated rings. The molecule has 0 bridgehead atoms. The molecule has 1 aliphatic heterocycles. The number of halogens is 2. The van der Waals surface area contributed by atoms with Crippen LogP contribution in [0.4, 0.5) is 8.78 Å². The molecule has 15 heavy (non-hydrogen) atoms. The summed E-state index contributed by atoms with van der Waals surface area (Å²) in [7, 11) is 0. The Labute approximate surface area is 87.4 Å². The quantitative estimate of drug-likeness (QED) is 0.749. The number of hydroxylamine groups is 2. The van der Waals surface area contributed by atoms with Crippen LogP contribution in [0.25, 0.3) is 0 Å². The minimum Gasteiger partial charge on any atom is -0.406 e. The maximum Gasteiger partial charge on any atom is 0.153 e. The van der Waals surface area contributed by atoms with Crippen LogP contribution in [0.2, 0.25) is 0 Å². The van der Waals surface area contributed by atoms with Crippen LogP contribution in [0.1, 0.15) is 19.3 Å². The molecule has 0 radical (unpaired) electrons. The van der Waals surface area contributed by atoms with Crippen molar-refractivity contribution in [1.82, 2.24) is 5.06 Å². The number of nitrogens with zero attached hydrogens (tertiary/aromatic N) is 1. The summed E-state index contributed by atoms with van der Waals surface area (Å²) in [6.07, 6.45) is 3.33. The fourth-order valence-corrected chi connectivity index (χ4v) is 1.69. The SMILES string of the molecule is Fc1cc(F)cc(ON2CCCCC2)c1. The average Bonchev–Trinajstić information content (AvgIpc) is 2.17. The Bertz CT molecular complexity index is 317. The van der Waals surface area contributed by atoms with E-state index in [4.69, 9.17) is 4.84 Å². The summed E-state index contributed by atoms with van der Waals surface area (Å²) < 4.78 is 25.7. The van der Waals surface area contributed by atoms with Gasteiger partial charge in [0, 0.05) is 31.3 Å². The van der Waals surface area contributed by atoms with Crippen molar-refractivity contribution in [3.05, 3.63) is 29.8 Å². The van der Waals surface area contributed by atoms with Crippen LogP contribution in [0, 0.1) is 11.6 Å². The van der Waals surface area contributed by atoms with E-state index in [9.17, 15) is 8.78 Å². The van der Waals surface area contributed by atoms with Gasteiger partial charge in [-0.15, -0.1) is 5.06 Å². The maximum absolute atomic E-state index is 12.8. The monoisotopic (exact) mass is 213 g/mol. The van der Waals surface area contributed by atoms with Crippen LogP contribution in [0.3, 0.4) is 0 Å².